The Morgan fingerprint density at radius 1 is 0.696 bits per heavy atom. The van der Waals surface area contributed by atoms with Crippen LogP contribution in [-0.2, 0) is 119 Å². The number of hydrogen-bond acceptors (Lipinski definition) is 29. The Morgan fingerprint density at radius 3 is 1.86 bits per heavy atom. The second-order valence-corrected chi connectivity index (χ2v) is 39.2. The van der Waals surface area contributed by atoms with Crippen molar-refractivity contribution in [1.82, 2.24) is 24.8 Å². The summed E-state index contributed by atoms with van der Waals surface area (Å²) in [7, 11) is -55.8. The van der Waals surface area contributed by atoms with Crippen LogP contribution in [0.25, 0.3) is 11.2 Å². The Labute approximate surface area is 583 Å². The van der Waals surface area contributed by atoms with Gasteiger partial charge >= 0.3 is 46.9 Å². The molecule has 2 aromatic heterocycles. The molecule has 14 N–H and O–H groups in total. The number of aliphatic hydroxyl groups is 1. The van der Waals surface area contributed by atoms with Gasteiger partial charge in [0.05, 0.1) is 47.5 Å². The summed E-state index contributed by atoms with van der Waals surface area (Å²) < 4.78 is 247. The summed E-state index contributed by atoms with van der Waals surface area (Å²) in [4.78, 5) is 85.2. The maximum atomic E-state index is 12.9. The summed E-state index contributed by atoms with van der Waals surface area (Å²) in [6.07, 6.45) is 5.38. The number of aromatic nitrogens is 4. The molecule has 1 fully saturated rings. The van der Waals surface area contributed by atoms with Gasteiger partial charge in [0, 0.05) is 66.9 Å². The molecular weight excluding hydrogens is 1570 g/mol. The number of unbranched alkanes of at least 4 members (excludes halogenated alkanes) is 5. The minimum Gasteiger partial charge on any atom is -0.390 e. The first kappa shape index (κ1) is 84.9. The van der Waals surface area contributed by atoms with Crippen molar-refractivity contribution in [3.8, 4) is 0 Å². The lowest BCUT2D eigenvalue weighted by atomic mass is 9.77. The van der Waals surface area contributed by atoms with Gasteiger partial charge in [-0.2, -0.15) is 59.8 Å². The molecule has 0 saturated carbocycles. The summed E-state index contributed by atoms with van der Waals surface area (Å²) in [6, 6.07) is 7.81. The monoisotopic (exact) mass is 1650 g/mol. The van der Waals surface area contributed by atoms with E-state index in [1.54, 1.807) is 34.6 Å². The van der Waals surface area contributed by atoms with E-state index in [0.29, 0.717) is 66.0 Å². The number of nitrogens with two attached hydrogens (primary N) is 1. The van der Waals surface area contributed by atoms with E-state index in [1.165, 1.54) is 41.2 Å². The number of anilines is 2. The normalized spacial score (nSPS) is 22.8. The number of ether oxygens (including phenoxy) is 1. The third-order valence-corrected chi connectivity index (χ3v) is 28.4. The molecule has 2 aromatic carbocycles. The molecule has 42 nitrogen and oxygen atoms in total. The lowest BCUT2D eigenvalue weighted by Crippen LogP contribution is -2.30. The minimum atomic E-state index is -6.56. The molecule has 0 radical (unpaired) electrons. The Morgan fingerprint density at radius 2 is 1.25 bits per heavy atom. The zero-order valence-electron chi connectivity index (χ0n) is 53.9. The number of benzene rings is 2. The van der Waals surface area contributed by atoms with Crippen LogP contribution in [0.2, 0.25) is 0 Å². The number of carbonyl (C=O) groups excluding carboxylic acids is 1. The largest absolute Gasteiger partial charge is 0.490 e. The van der Waals surface area contributed by atoms with E-state index in [-0.39, 0.29) is 87.5 Å². The van der Waals surface area contributed by atoms with Gasteiger partial charge in [-0.3, -0.25) is 36.6 Å². The molecule has 1 amide bonds. The molecule has 1 saturated heterocycles. The van der Waals surface area contributed by atoms with Gasteiger partial charge in [-0.05, 0) is 94.8 Å². The highest BCUT2D eigenvalue weighted by atomic mass is 32.2. The zero-order valence-corrected chi connectivity index (χ0v) is 62.5. The molecule has 3 aliphatic heterocycles. The van der Waals surface area contributed by atoms with Crippen LogP contribution in [0.3, 0.4) is 0 Å². The first-order valence-corrected chi connectivity index (χ1v) is 45.2. The first-order chi connectivity index (χ1) is 46.8. The molecule has 4 aromatic rings. The van der Waals surface area contributed by atoms with Gasteiger partial charge in [0.25, 0.3) is 40.5 Å². The number of nitrogens with zero attached hydrogens (tertiary/aromatic N) is 6. The smallest absolute Gasteiger partial charge is 0.390 e. The van der Waals surface area contributed by atoms with Crippen LogP contribution < -0.4 is 16.0 Å². The summed E-state index contributed by atoms with van der Waals surface area (Å²) in [5, 5.41) is 13.2. The molecule has 3 aliphatic rings. The van der Waals surface area contributed by atoms with Crippen molar-refractivity contribution in [2.45, 2.75) is 137 Å². The molecule has 572 valence electrons. The van der Waals surface area contributed by atoms with E-state index in [1.807, 2.05) is 13.8 Å². The molecule has 7 rings (SSSR count). The van der Waals surface area contributed by atoms with E-state index in [9.17, 15) is 119 Å². The van der Waals surface area contributed by atoms with Crippen molar-refractivity contribution in [2.24, 2.45) is 0 Å². The van der Waals surface area contributed by atoms with Crippen molar-refractivity contribution < 1.29 is 158 Å². The Kier molecular flexibility index (Phi) is 27.5. The van der Waals surface area contributed by atoms with E-state index in [0.717, 1.165) is 12.4 Å². The van der Waals surface area contributed by atoms with E-state index < -0.39 is 151 Å². The SMILES string of the molecule is CC1(C)C(C=CC=C2N(CCCS(=O)(=O)O)c3ccc(S(=O)(=O)O)cc3C2(C)CCCCCC(=O)NCCCCCCOP(=O)(O)OP(=O)(O)OP(=O)(O)OP(=O)(O)OP(=O)(O)OP(=O)(O)OC[C@H]2O[C@@H](n3cnc4c(N)ncnc43)C[C@@H]2O)=[N+](CCCS(=O)(=O)O)c2cc(S(=O)(=O)O)ccc21. The third-order valence-electron chi connectivity index (χ3n) is 15.8. The number of fused-ring (bicyclic) bond motifs is 3. The van der Waals surface area contributed by atoms with Crippen molar-refractivity contribution in [3.63, 3.8) is 0 Å². The quantitative estimate of drug-likeness (QED) is 0.0109. The van der Waals surface area contributed by atoms with Crippen LogP contribution in [0.15, 0.2) is 82.8 Å². The second-order valence-electron chi connectivity index (χ2n) is 23.8. The van der Waals surface area contributed by atoms with Crippen molar-refractivity contribution in [1.29, 1.82) is 0 Å². The molecular formula is C50H75N8O34P6S4+. The number of phosphoric ester groups is 2. The highest BCUT2D eigenvalue weighted by Gasteiger charge is 2.51. The number of hydrogen-bond donors (Lipinski definition) is 13. The topological polar surface area (TPSA) is 640 Å². The fourth-order valence-electron chi connectivity index (χ4n) is 11.4. The van der Waals surface area contributed by atoms with Crippen LogP contribution >= 0.6 is 46.9 Å². The fourth-order valence-corrected chi connectivity index (χ4v) is 21.2. The average molecular weight is 1650 g/mol. The predicted octanol–water partition coefficient (Wildman–Crippen LogP) is 5.75. The van der Waals surface area contributed by atoms with E-state index >= 15 is 0 Å². The molecule has 0 aliphatic carbocycles. The van der Waals surface area contributed by atoms with Crippen LogP contribution in [0, 0.1) is 0 Å². The highest BCUT2D eigenvalue weighted by Crippen LogP contribution is 2.75. The van der Waals surface area contributed by atoms with Crippen LogP contribution in [0.4, 0.5) is 17.2 Å². The lowest BCUT2D eigenvalue weighted by Gasteiger charge is -2.30. The Hall–Kier alpha value is -4.37. The average Bonchev–Trinajstić information content (AvgIpc) is 1.58. The number of nitrogens with one attached hydrogen (secondary N) is 1. The number of aliphatic hydroxyl groups excluding tert-OH is 1. The van der Waals surface area contributed by atoms with E-state index in [4.69, 9.17) is 10.5 Å². The van der Waals surface area contributed by atoms with Crippen LogP contribution in [0.5, 0.6) is 0 Å². The number of nitrogen functional groups attached to an aromatic ring is 1. The van der Waals surface area contributed by atoms with Gasteiger partial charge in [0.2, 0.25) is 11.6 Å². The van der Waals surface area contributed by atoms with Crippen molar-refractivity contribution >= 4 is 127 Å². The molecule has 52 heteroatoms. The maximum absolute atomic E-state index is 12.9. The molecule has 0 spiro atoms. The Bertz CT molecular complexity index is 4700. The number of carbonyl (C=O) groups is 1. The number of imidazole rings is 1. The predicted molar refractivity (Wildman–Crippen MR) is 354 cm³/mol. The van der Waals surface area contributed by atoms with E-state index in [2.05, 4.69) is 50.9 Å². The summed E-state index contributed by atoms with van der Waals surface area (Å²) in [6.45, 7) is 3.74. The molecule has 0 bridgehead atoms. The number of phosphoric acid groups is 6. The highest BCUT2D eigenvalue weighted by molar-refractivity contribution is 7.86. The van der Waals surface area contributed by atoms with Gasteiger partial charge in [-0.25, -0.2) is 42.3 Å². The zero-order chi connectivity index (χ0) is 76.1. The molecule has 5 heterocycles. The van der Waals surface area contributed by atoms with Crippen LogP contribution in [-0.4, -0.2) is 179 Å². The maximum Gasteiger partial charge on any atom is 0.490 e. The van der Waals surface area contributed by atoms with Gasteiger partial charge in [-0.1, -0.05) is 31.8 Å². The number of amides is 1. The number of rotatable bonds is 40. The second kappa shape index (κ2) is 33.0. The first-order valence-electron chi connectivity index (χ1n) is 30.1. The van der Waals surface area contributed by atoms with Gasteiger partial charge in [-0.15, -0.1) is 0 Å². The standard InChI is InChI=1S/C50H74N8O34P6S4/c1-49(2)36-19-17-35(102(82,83)84)29-39(36)57(24-13-27-100(76,77)78)42(49)14-11-15-43-50(3,37-28-34(101(79,80)81)18-20-38(37)56(43)23-12-26-99(73,74)75)21-8-6-7-16-44(60)52-22-9-4-5-10-25-85-93(61,62)88-95(65,66)90-97(69,70)92-98(71,72)91-96(67,68)89-94(63,64)86-31-41-40(59)30-45(87-41)58-33-55-46-47(51)53-32-54-48(46)58/h11,14-15,17-20,28-29,32-33,40-41,45,59H,4-10,12-13,16,21-27,30-31H2,1-3H3,(H12-,51,52,53,54,60,61,62,63,64,65,66,67,68,69,70,71,72,73,74,75,76,77,78,79,80,81,82,83,84)/p+1/t40-,41+,45+,50?/m0/s1. The van der Waals surface area contributed by atoms with Gasteiger partial charge in [0.15, 0.2) is 17.2 Å². The lowest BCUT2D eigenvalue weighted by molar-refractivity contribution is -0.437. The Balaban J connectivity index is 0.865. The van der Waals surface area contributed by atoms with Crippen molar-refractivity contribution in [2.75, 3.05) is 55.0 Å². The summed E-state index contributed by atoms with van der Waals surface area (Å²) >= 11 is 0. The summed E-state index contributed by atoms with van der Waals surface area (Å²) in [5.41, 5.74) is 6.87. The van der Waals surface area contributed by atoms with Crippen LogP contribution in [0.1, 0.15) is 115 Å². The van der Waals surface area contributed by atoms with Gasteiger partial charge < -0.3 is 55.2 Å². The third kappa shape index (κ3) is 23.8. The summed E-state index contributed by atoms with van der Waals surface area (Å²) in [5.74, 6) is -1.65. The van der Waals surface area contributed by atoms with Crippen molar-refractivity contribution in [3.05, 3.63) is 84.1 Å². The molecule has 102 heavy (non-hydrogen) atoms. The minimum absolute atomic E-state index is 0.0113. The molecule has 7 unspecified atom stereocenters. The van der Waals surface area contributed by atoms with Gasteiger partial charge in [0.1, 0.15) is 35.6 Å². The fraction of sp³-hybridized carbons (Fsp3) is 0.540. The molecule has 10 atom stereocenters. The number of allylic oxidation sites excluding steroid dienone is 4.